The highest BCUT2D eigenvalue weighted by atomic mass is 32.2. The van der Waals surface area contributed by atoms with Crippen molar-refractivity contribution in [3.8, 4) is 0 Å². The van der Waals surface area contributed by atoms with Gasteiger partial charge in [0.2, 0.25) is 0 Å². The standard InChI is InChI=1S/C24H26N2O3S/c1-16-9-13-21(14-10-16)30(28,29)26-23-15-20(12-11-18(23)3)24(27)25-19(4)22-8-6-5-7-17(22)2/h5-15,19,26H,1-4H3,(H,25,27)/t19-/m1/s1. The number of rotatable bonds is 6. The average molecular weight is 423 g/mol. The van der Waals surface area contributed by atoms with Gasteiger partial charge in [-0.25, -0.2) is 8.42 Å². The third-order valence-corrected chi connectivity index (χ3v) is 6.46. The lowest BCUT2D eigenvalue weighted by Gasteiger charge is -2.17. The number of sulfonamides is 1. The van der Waals surface area contributed by atoms with Crippen molar-refractivity contribution in [1.82, 2.24) is 5.32 Å². The second-order valence-electron chi connectivity index (χ2n) is 7.50. The Kier molecular flexibility index (Phi) is 6.27. The van der Waals surface area contributed by atoms with E-state index in [0.29, 0.717) is 11.3 Å². The van der Waals surface area contributed by atoms with Gasteiger partial charge < -0.3 is 5.32 Å². The highest BCUT2D eigenvalue weighted by molar-refractivity contribution is 7.92. The normalized spacial score (nSPS) is 12.3. The van der Waals surface area contributed by atoms with Crippen molar-refractivity contribution in [3.63, 3.8) is 0 Å². The number of hydrogen-bond donors (Lipinski definition) is 2. The Balaban J connectivity index is 1.81. The van der Waals surface area contributed by atoms with Gasteiger partial charge in [-0.05, 0) is 68.7 Å². The second-order valence-corrected chi connectivity index (χ2v) is 9.18. The number of carbonyl (C=O) groups excluding carboxylic acids is 1. The Morgan fingerprint density at radius 1 is 0.867 bits per heavy atom. The zero-order chi connectivity index (χ0) is 21.9. The van der Waals surface area contributed by atoms with Gasteiger partial charge in [0.25, 0.3) is 15.9 Å². The predicted octanol–water partition coefficient (Wildman–Crippen LogP) is 4.90. The molecule has 30 heavy (non-hydrogen) atoms. The van der Waals surface area contributed by atoms with Crippen LogP contribution < -0.4 is 10.0 Å². The van der Waals surface area contributed by atoms with E-state index in [4.69, 9.17) is 0 Å². The van der Waals surface area contributed by atoms with Gasteiger partial charge >= 0.3 is 0 Å². The fraction of sp³-hybridized carbons (Fsp3) is 0.208. The van der Waals surface area contributed by atoms with Crippen LogP contribution in [0.2, 0.25) is 0 Å². The number of aryl methyl sites for hydroxylation is 3. The first-order valence-corrected chi connectivity index (χ1v) is 11.2. The van der Waals surface area contributed by atoms with Crippen LogP contribution in [0, 0.1) is 20.8 Å². The fourth-order valence-electron chi connectivity index (χ4n) is 3.22. The summed E-state index contributed by atoms with van der Waals surface area (Å²) in [6.45, 7) is 7.62. The third kappa shape index (κ3) is 4.89. The van der Waals surface area contributed by atoms with E-state index >= 15 is 0 Å². The Bertz CT molecular complexity index is 1170. The molecule has 0 aromatic heterocycles. The maximum Gasteiger partial charge on any atom is 0.261 e. The summed E-state index contributed by atoms with van der Waals surface area (Å²) in [4.78, 5) is 13.0. The second kappa shape index (κ2) is 8.71. The molecular formula is C24H26N2O3S. The van der Waals surface area contributed by atoms with Crippen LogP contribution in [0.3, 0.4) is 0 Å². The van der Waals surface area contributed by atoms with Crippen LogP contribution in [0.4, 0.5) is 5.69 Å². The first-order valence-electron chi connectivity index (χ1n) is 9.74. The van der Waals surface area contributed by atoms with E-state index in [1.807, 2.05) is 45.0 Å². The van der Waals surface area contributed by atoms with Crippen molar-refractivity contribution >= 4 is 21.6 Å². The lowest BCUT2D eigenvalue weighted by atomic mass is 10.0. The summed E-state index contributed by atoms with van der Waals surface area (Å²) in [7, 11) is -3.75. The van der Waals surface area contributed by atoms with Gasteiger partial charge in [-0.15, -0.1) is 0 Å². The minimum Gasteiger partial charge on any atom is -0.346 e. The van der Waals surface area contributed by atoms with Crippen molar-refractivity contribution in [2.45, 2.75) is 38.6 Å². The summed E-state index contributed by atoms with van der Waals surface area (Å²) in [5, 5.41) is 2.98. The molecule has 2 N–H and O–H groups in total. The number of benzene rings is 3. The molecule has 0 radical (unpaired) electrons. The number of amides is 1. The maximum absolute atomic E-state index is 12.8. The average Bonchev–Trinajstić information content (AvgIpc) is 2.70. The molecule has 3 aromatic carbocycles. The van der Waals surface area contributed by atoms with Gasteiger partial charge in [0.15, 0.2) is 0 Å². The van der Waals surface area contributed by atoms with Gasteiger partial charge in [-0.1, -0.05) is 48.0 Å². The van der Waals surface area contributed by atoms with E-state index in [9.17, 15) is 13.2 Å². The van der Waals surface area contributed by atoms with Gasteiger partial charge in [0.1, 0.15) is 0 Å². The van der Waals surface area contributed by atoms with Crippen LogP contribution in [0.5, 0.6) is 0 Å². The number of hydrogen-bond acceptors (Lipinski definition) is 3. The number of anilines is 1. The van der Waals surface area contributed by atoms with Gasteiger partial charge in [0.05, 0.1) is 16.6 Å². The van der Waals surface area contributed by atoms with E-state index in [2.05, 4.69) is 10.0 Å². The van der Waals surface area contributed by atoms with Crippen molar-refractivity contribution in [3.05, 3.63) is 94.5 Å². The molecule has 0 fully saturated rings. The summed E-state index contributed by atoms with van der Waals surface area (Å²) in [6.07, 6.45) is 0. The van der Waals surface area contributed by atoms with Gasteiger partial charge in [0, 0.05) is 5.56 Å². The summed E-state index contributed by atoms with van der Waals surface area (Å²) in [5.74, 6) is -0.262. The summed E-state index contributed by atoms with van der Waals surface area (Å²) in [6, 6.07) is 19.3. The highest BCUT2D eigenvalue weighted by Gasteiger charge is 2.18. The summed E-state index contributed by atoms with van der Waals surface area (Å²) in [5.41, 5.74) is 4.62. The lowest BCUT2D eigenvalue weighted by molar-refractivity contribution is 0.0940. The summed E-state index contributed by atoms with van der Waals surface area (Å²) >= 11 is 0. The monoisotopic (exact) mass is 422 g/mol. The zero-order valence-corrected chi connectivity index (χ0v) is 18.4. The lowest BCUT2D eigenvalue weighted by Crippen LogP contribution is -2.27. The molecule has 156 valence electrons. The minimum atomic E-state index is -3.75. The number of carbonyl (C=O) groups is 1. The van der Waals surface area contributed by atoms with Crippen molar-refractivity contribution in [2.24, 2.45) is 0 Å². The Morgan fingerprint density at radius 2 is 1.53 bits per heavy atom. The van der Waals surface area contributed by atoms with Crippen molar-refractivity contribution in [2.75, 3.05) is 4.72 Å². The molecule has 0 spiro atoms. The summed E-state index contributed by atoms with van der Waals surface area (Å²) < 4.78 is 28.1. The first-order chi connectivity index (χ1) is 14.2. The Morgan fingerprint density at radius 3 is 2.20 bits per heavy atom. The molecule has 0 aliphatic heterocycles. The van der Waals surface area contributed by atoms with Gasteiger partial charge in [-0.3, -0.25) is 9.52 Å². The predicted molar refractivity (Wildman–Crippen MR) is 120 cm³/mol. The molecule has 0 saturated carbocycles. The first kappa shape index (κ1) is 21.6. The highest BCUT2D eigenvalue weighted by Crippen LogP contribution is 2.23. The molecule has 0 unspecified atom stereocenters. The van der Waals surface area contributed by atoms with Crippen LogP contribution in [0.15, 0.2) is 71.6 Å². The molecule has 0 saturated heterocycles. The molecule has 3 aromatic rings. The van der Waals surface area contributed by atoms with Crippen molar-refractivity contribution < 1.29 is 13.2 Å². The van der Waals surface area contributed by atoms with Crippen LogP contribution in [0.25, 0.3) is 0 Å². The Hall–Kier alpha value is -3.12. The van der Waals surface area contributed by atoms with E-state index < -0.39 is 10.0 Å². The zero-order valence-electron chi connectivity index (χ0n) is 17.6. The Labute approximate surface area is 178 Å². The minimum absolute atomic E-state index is 0.173. The molecule has 1 amide bonds. The molecule has 1 atom stereocenters. The van der Waals surface area contributed by atoms with Gasteiger partial charge in [-0.2, -0.15) is 0 Å². The van der Waals surface area contributed by atoms with E-state index in [0.717, 1.165) is 22.3 Å². The van der Waals surface area contributed by atoms with Crippen LogP contribution in [-0.2, 0) is 10.0 Å². The quantitative estimate of drug-likeness (QED) is 0.593. The SMILES string of the molecule is Cc1ccc(S(=O)(=O)Nc2cc(C(=O)N[C@H](C)c3ccccc3C)ccc2C)cc1. The van der Waals surface area contributed by atoms with E-state index in [1.165, 1.54) is 0 Å². The molecule has 0 aliphatic carbocycles. The van der Waals surface area contributed by atoms with Crippen molar-refractivity contribution in [1.29, 1.82) is 0 Å². The molecule has 5 nitrogen and oxygen atoms in total. The molecule has 0 heterocycles. The largest absolute Gasteiger partial charge is 0.346 e. The van der Waals surface area contributed by atoms with E-state index in [-0.39, 0.29) is 16.8 Å². The van der Waals surface area contributed by atoms with Crippen LogP contribution in [-0.4, -0.2) is 14.3 Å². The molecule has 0 bridgehead atoms. The van der Waals surface area contributed by atoms with E-state index in [1.54, 1.807) is 49.4 Å². The maximum atomic E-state index is 12.8. The molecular weight excluding hydrogens is 396 g/mol. The smallest absolute Gasteiger partial charge is 0.261 e. The molecule has 3 rings (SSSR count). The van der Waals surface area contributed by atoms with Crippen LogP contribution >= 0.6 is 0 Å². The third-order valence-electron chi connectivity index (χ3n) is 5.08. The molecule has 0 aliphatic rings. The van der Waals surface area contributed by atoms with Crippen LogP contribution in [0.1, 0.15) is 45.6 Å². The number of nitrogens with one attached hydrogen (secondary N) is 2. The topological polar surface area (TPSA) is 75.3 Å². The molecule has 6 heteroatoms. The fourth-order valence-corrected chi connectivity index (χ4v) is 4.35.